The van der Waals surface area contributed by atoms with Crippen LogP contribution in [0.4, 0.5) is 5.69 Å². The Balaban J connectivity index is 1.72. The topological polar surface area (TPSA) is 67.4 Å². The van der Waals surface area contributed by atoms with Crippen molar-refractivity contribution in [1.82, 2.24) is 5.32 Å². The molecule has 0 saturated heterocycles. The Kier molecular flexibility index (Phi) is 7.66. The quantitative estimate of drug-likeness (QED) is 0.482. The van der Waals surface area contributed by atoms with Gasteiger partial charge in [0.1, 0.15) is 5.75 Å². The average Bonchev–Trinajstić information content (AvgIpc) is 2.79. The summed E-state index contributed by atoms with van der Waals surface area (Å²) >= 11 is 0. The Hall–Kier alpha value is -3.60. The molecule has 0 fully saturated rings. The van der Waals surface area contributed by atoms with Crippen molar-refractivity contribution < 1.29 is 14.3 Å². The SMILES string of the molecule is COc1ccc(C(=O)Nc2cccc(-c3ccc(C(=O)NCCC(C)C)cc3C)c2)cc1. The van der Waals surface area contributed by atoms with E-state index in [1.54, 1.807) is 31.4 Å². The van der Waals surface area contributed by atoms with E-state index in [-0.39, 0.29) is 11.8 Å². The molecule has 0 unspecified atom stereocenters. The van der Waals surface area contributed by atoms with E-state index < -0.39 is 0 Å². The van der Waals surface area contributed by atoms with Crippen molar-refractivity contribution in [2.24, 2.45) is 5.92 Å². The number of methoxy groups -OCH3 is 1. The summed E-state index contributed by atoms with van der Waals surface area (Å²) in [7, 11) is 1.59. The van der Waals surface area contributed by atoms with E-state index in [0.717, 1.165) is 23.1 Å². The normalized spacial score (nSPS) is 10.7. The molecule has 2 N–H and O–H groups in total. The predicted octanol–water partition coefficient (Wildman–Crippen LogP) is 5.70. The molecule has 166 valence electrons. The fourth-order valence-corrected chi connectivity index (χ4v) is 3.42. The fraction of sp³-hybridized carbons (Fsp3) is 0.259. The number of aryl methyl sites for hydroxylation is 1. The van der Waals surface area contributed by atoms with Crippen LogP contribution >= 0.6 is 0 Å². The van der Waals surface area contributed by atoms with Crippen molar-refractivity contribution in [3.05, 3.63) is 83.4 Å². The first-order chi connectivity index (χ1) is 15.4. The monoisotopic (exact) mass is 430 g/mol. The highest BCUT2D eigenvalue weighted by atomic mass is 16.5. The molecule has 5 nitrogen and oxygen atoms in total. The summed E-state index contributed by atoms with van der Waals surface area (Å²) < 4.78 is 5.14. The van der Waals surface area contributed by atoms with Gasteiger partial charge in [-0.25, -0.2) is 0 Å². The maximum atomic E-state index is 12.6. The summed E-state index contributed by atoms with van der Waals surface area (Å²) in [5, 5.41) is 5.92. The molecular formula is C27H30N2O3. The van der Waals surface area contributed by atoms with Crippen LogP contribution in [0.1, 0.15) is 46.5 Å². The van der Waals surface area contributed by atoms with Crippen LogP contribution in [0, 0.1) is 12.8 Å². The largest absolute Gasteiger partial charge is 0.497 e. The first-order valence-corrected chi connectivity index (χ1v) is 10.8. The second-order valence-electron chi connectivity index (χ2n) is 8.23. The van der Waals surface area contributed by atoms with E-state index >= 15 is 0 Å². The van der Waals surface area contributed by atoms with Crippen molar-refractivity contribution in [3.63, 3.8) is 0 Å². The van der Waals surface area contributed by atoms with E-state index in [1.807, 2.05) is 49.4 Å². The Morgan fingerprint density at radius 1 is 0.906 bits per heavy atom. The lowest BCUT2D eigenvalue weighted by atomic mass is 9.97. The molecule has 5 heteroatoms. The van der Waals surface area contributed by atoms with Gasteiger partial charge in [0.25, 0.3) is 11.8 Å². The smallest absolute Gasteiger partial charge is 0.255 e. The predicted molar refractivity (Wildman–Crippen MR) is 129 cm³/mol. The molecule has 0 heterocycles. The molecule has 0 aliphatic rings. The zero-order valence-electron chi connectivity index (χ0n) is 19.1. The van der Waals surface area contributed by atoms with Crippen LogP contribution in [-0.2, 0) is 0 Å². The van der Waals surface area contributed by atoms with Gasteiger partial charge in [-0.2, -0.15) is 0 Å². The van der Waals surface area contributed by atoms with Gasteiger partial charge in [0.15, 0.2) is 0 Å². The van der Waals surface area contributed by atoms with E-state index in [0.29, 0.717) is 35.0 Å². The minimum Gasteiger partial charge on any atom is -0.497 e. The maximum Gasteiger partial charge on any atom is 0.255 e. The van der Waals surface area contributed by atoms with E-state index in [4.69, 9.17) is 4.74 Å². The number of carbonyl (C=O) groups is 2. The highest BCUT2D eigenvalue weighted by Gasteiger charge is 2.11. The molecule has 0 radical (unpaired) electrons. The molecule has 0 spiro atoms. The van der Waals surface area contributed by atoms with Gasteiger partial charge in [0.2, 0.25) is 0 Å². The summed E-state index contributed by atoms with van der Waals surface area (Å²) in [6.45, 7) is 6.94. The summed E-state index contributed by atoms with van der Waals surface area (Å²) in [6.07, 6.45) is 0.956. The molecule has 0 saturated carbocycles. The van der Waals surface area contributed by atoms with Gasteiger partial charge in [0.05, 0.1) is 7.11 Å². The molecule has 0 atom stereocenters. The number of ether oxygens (including phenoxy) is 1. The number of anilines is 1. The molecular weight excluding hydrogens is 400 g/mol. The van der Waals surface area contributed by atoms with Crippen molar-refractivity contribution in [2.45, 2.75) is 27.2 Å². The van der Waals surface area contributed by atoms with Gasteiger partial charge < -0.3 is 15.4 Å². The lowest BCUT2D eigenvalue weighted by Crippen LogP contribution is -2.25. The maximum absolute atomic E-state index is 12.6. The molecule has 0 aromatic heterocycles. The fourth-order valence-electron chi connectivity index (χ4n) is 3.42. The van der Waals surface area contributed by atoms with Crippen LogP contribution in [0.15, 0.2) is 66.7 Å². The van der Waals surface area contributed by atoms with Crippen LogP contribution in [0.25, 0.3) is 11.1 Å². The Bertz CT molecular complexity index is 1090. The third-order valence-electron chi connectivity index (χ3n) is 5.28. The summed E-state index contributed by atoms with van der Waals surface area (Å²) in [6, 6.07) is 20.4. The minimum absolute atomic E-state index is 0.0548. The minimum atomic E-state index is -0.185. The lowest BCUT2D eigenvalue weighted by Gasteiger charge is -2.12. The zero-order valence-corrected chi connectivity index (χ0v) is 19.1. The van der Waals surface area contributed by atoms with Crippen molar-refractivity contribution in [3.8, 4) is 16.9 Å². The third-order valence-corrected chi connectivity index (χ3v) is 5.28. The number of rotatable bonds is 8. The van der Waals surface area contributed by atoms with Crippen molar-refractivity contribution in [2.75, 3.05) is 19.0 Å². The number of carbonyl (C=O) groups excluding carboxylic acids is 2. The number of hydrogen-bond acceptors (Lipinski definition) is 3. The van der Waals surface area contributed by atoms with Gasteiger partial charge in [-0.3, -0.25) is 9.59 Å². The number of amides is 2. The zero-order chi connectivity index (χ0) is 23.1. The van der Waals surface area contributed by atoms with E-state index in [1.165, 1.54) is 0 Å². The first kappa shape index (κ1) is 23.1. The Morgan fingerprint density at radius 2 is 1.62 bits per heavy atom. The lowest BCUT2D eigenvalue weighted by molar-refractivity contribution is 0.0951. The van der Waals surface area contributed by atoms with Gasteiger partial charge in [0, 0.05) is 23.4 Å². The van der Waals surface area contributed by atoms with Crippen molar-refractivity contribution in [1.29, 1.82) is 0 Å². The van der Waals surface area contributed by atoms with Crippen LogP contribution in [0.5, 0.6) is 5.75 Å². The molecule has 0 aliphatic heterocycles. The Morgan fingerprint density at radius 3 is 2.28 bits per heavy atom. The van der Waals surface area contributed by atoms with E-state index in [2.05, 4.69) is 24.5 Å². The average molecular weight is 431 g/mol. The van der Waals surface area contributed by atoms with Crippen LogP contribution in [0.2, 0.25) is 0 Å². The summed E-state index contributed by atoms with van der Waals surface area (Å²) in [5.74, 6) is 1.02. The molecule has 32 heavy (non-hydrogen) atoms. The van der Waals surface area contributed by atoms with Crippen LogP contribution < -0.4 is 15.4 Å². The van der Waals surface area contributed by atoms with Gasteiger partial charge in [-0.15, -0.1) is 0 Å². The van der Waals surface area contributed by atoms with Crippen LogP contribution in [-0.4, -0.2) is 25.5 Å². The molecule has 3 aromatic carbocycles. The van der Waals surface area contributed by atoms with Gasteiger partial charge >= 0.3 is 0 Å². The van der Waals surface area contributed by atoms with Crippen molar-refractivity contribution >= 4 is 17.5 Å². The molecule has 3 aromatic rings. The molecule has 3 rings (SSSR count). The molecule has 0 aliphatic carbocycles. The number of hydrogen-bond donors (Lipinski definition) is 2. The third kappa shape index (κ3) is 5.97. The summed E-state index contributed by atoms with van der Waals surface area (Å²) in [4.78, 5) is 25.0. The van der Waals surface area contributed by atoms with Crippen LogP contribution in [0.3, 0.4) is 0 Å². The number of benzene rings is 3. The number of nitrogens with one attached hydrogen (secondary N) is 2. The standard InChI is InChI=1S/C27H30N2O3/c1-18(2)14-15-28-26(30)22-10-13-25(19(3)16-22)21-6-5-7-23(17-21)29-27(31)20-8-11-24(32-4)12-9-20/h5-13,16-18H,14-15H2,1-4H3,(H,28,30)(H,29,31). The summed E-state index contributed by atoms with van der Waals surface area (Å²) in [5.41, 5.74) is 4.91. The van der Waals surface area contributed by atoms with Gasteiger partial charge in [-0.05, 0) is 84.5 Å². The highest BCUT2D eigenvalue weighted by molar-refractivity contribution is 6.04. The van der Waals surface area contributed by atoms with Gasteiger partial charge in [-0.1, -0.05) is 32.0 Å². The molecule has 2 amide bonds. The molecule has 0 bridgehead atoms. The second kappa shape index (κ2) is 10.6. The highest BCUT2D eigenvalue weighted by Crippen LogP contribution is 2.27. The second-order valence-corrected chi connectivity index (χ2v) is 8.23. The van der Waals surface area contributed by atoms with E-state index in [9.17, 15) is 9.59 Å². The first-order valence-electron chi connectivity index (χ1n) is 10.8. The Labute approximate surface area is 189 Å².